The summed E-state index contributed by atoms with van der Waals surface area (Å²) in [6.45, 7) is 4.54. The highest BCUT2D eigenvalue weighted by atomic mass is 35.5. The van der Waals surface area contributed by atoms with Crippen LogP contribution in [0.15, 0.2) is 18.2 Å². The van der Waals surface area contributed by atoms with Crippen molar-refractivity contribution in [1.82, 2.24) is 5.32 Å². The van der Waals surface area contributed by atoms with Crippen molar-refractivity contribution >= 4 is 35.6 Å². The molecule has 1 aromatic rings. The number of rotatable bonds is 4. The molecule has 122 valence electrons. The highest BCUT2D eigenvalue weighted by Gasteiger charge is 2.57. The average Bonchev–Trinajstić information content (AvgIpc) is 3.16. The Hall–Kier alpha value is -0.970. The van der Waals surface area contributed by atoms with E-state index >= 15 is 0 Å². The molecule has 1 aromatic carbocycles. The number of ether oxygens (including phenoxy) is 1. The van der Waals surface area contributed by atoms with Gasteiger partial charge in [-0.25, -0.2) is 0 Å². The van der Waals surface area contributed by atoms with Gasteiger partial charge >= 0.3 is 0 Å². The number of amides is 1. The Balaban J connectivity index is 0.00000176. The van der Waals surface area contributed by atoms with E-state index in [0.29, 0.717) is 17.4 Å². The fraction of sp³-hybridized carbons (Fsp3) is 0.562. The van der Waals surface area contributed by atoms with Gasteiger partial charge in [0.1, 0.15) is 5.75 Å². The van der Waals surface area contributed by atoms with Gasteiger partial charge in [0.25, 0.3) is 0 Å². The lowest BCUT2D eigenvalue weighted by atomic mass is 9.92. The second kappa shape index (κ2) is 7.07. The van der Waals surface area contributed by atoms with Gasteiger partial charge in [-0.3, -0.25) is 4.79 Å². The van der Waals surface area contributed by atoms with Crippen molar-refractivity contribution in [1.29, 1.82) is 0 Å². The summed E-state index contributed by atoms with van der Waals surface area (Å²) in [5.41, 5.74) is 0.995. The number of carbonyl (C=O) groups excluding carboxylic acids is 1. The maximum Gasteiger partial charge on any atom is 0.228 e. The Labute approximate surface area is 142 Å². The first-order valence-corrected chi connectivity index (χ1v) is 7.96. The second-order valence-corrected chi connectivity index (χ2v) is 6.34. The van der Waals surface area contributed by atoms with Crippen LogP contribution in [0.25, 0.3) is 0 Å². The van der Waals surface area contributed by atoms with Crippen LogP contribution in [-0.4, -0.2) is 25.6 Å². The second-order valence-electron chi connectivity index (χ2n) is 5.94. The van der Waals surface area contributed by atoms with Crippen LogP contribution >= 0.6 is 24.0 Å². The number of halogens is 2. The fourth-order valence-electron chi connectivity index (χ4n) is 3.28. The molecular formula is C16H22Cl2N2O2. The lowest BCUT2D eigenvalue weighted by Gasteiger charge is -2.23. The summed E-state index contributed by atoms with van der Waals surface area (Å²) in [5.74, 6) is 0.931. The number of hydrogen-bond donors (Lipinski definition) is 2. The summed E-state index contributed by atoms with van der Waals surface area (Å²) in [4.78, 5) is 12.4. The molecule has 0 aromatic heterocycles. The molecule has 1 saturated carbocycles. The SMILES string of the molecule is CCOc1ccc(NC(=O)C2CC23CCNCC3)cc1Cl.Cl. The van der Waals surface area contributed by atoms with Crippen molar-refractivity contribution in [2.75, 3.05) is 25.0 Å². The molecule has 1 aliphatic carbocycles. The zero-order valence-corrected chi connectivity index (χ0v) is 14.2. The van der Waals surface area contributed by atoms with Crippen molar-refractivity contribution in [3.05, 3.63) is 23.2 Å². The molecule has 6 heteroatoms. The standard InChI is InChI=1S/C16H21ClN2O2.ClH/c1-2-21-14-4-3-11(9-13(14)17)19-15(20)12-10-16(12)5-7-18-8-6-16;/h3-4,9,12,18H,2,5-8,10H2,1H3,(H,19,20);1H. The third-order valence-corrected chi connectivity index (χ3v) is 4.90. The zero-order valence-electron chi connectivity index (χ0n) is 12.7. The predicted molar refractivity (Wildman–Crippen MR) is 91.1 cm³/mol. The molecule has 0 radical (unpaired) electrons. The molecule has 1 aliphatic heterocycles. The Morgan fingerprint density at radius 1 is 1.45 bits per heavy atom. The van der Waals surface area contributed by atoms with Crippen molar-refractivity contribution in [3.8, 4) is 5.75 Å². The highest BCUT2D eigenvalue weighted by molar-refractivity contribution is 6.32. The number of nitrogens with one attached hydrogen (secondary N) is 2. The van der Waals surface area contributed by atoms with Gasteiger partial charge in [-0.05, 0) is 62.9 Å². The number of piperidine rings is 1. The van der Waals surface area contributed by atoms with Crippen molar-refractivity contribution in [3.63, 3.8) is 0 Å². The Morgan fingerprint density at radius 2 is 2.18 bits per heavy atom. The van der Waals surface area contributed by atoms with Gasteiger partial charge in [0.05, 0.1) is 11.6 Å². The van der Waals surface area contributed by atoms with Crippen molar-refractivity contribution < 1.29 is 9.53 Å². The lowest BCUT2D eigenvalue weighted by molar-refractivity contribution is -0.118. The molecule has 2 N–H and O–H groups in total. The summed E-state index contributed by atoms with van der Waals surface area (Å²) in [5, 5.41) is 6.87. The Kier molecular flexibility index (Phi) is 5.59. The summed E-state index contributed by atoms with van der Waals surface area (Å²) >= 11 is 6.14. The zero-order chi connectivity index (χ0) is 14.9. The van der Waals surface area contributed by atoms with Crippen LogP contribution < -0.4 is 15.4 Å². The summed E-state index contributed by atoms with van der Waals surface area (Å²) in [6.07, 6.45) is 3.23. The molecule has 2 aliphatic rings. The van der Waals surface area contributed by atoms with E-state index in [1.54, 1.807) is 12.1 Å². The van der Waals surface area contributed by atoms with E-state index in [2.05, 4.69) is 10.6 Å². The number of benzene rings is 1. The predicted octanol–water partition coefficient (Wildman–Crippen LogP) is 3.49. The molecular weight excluding hydrogens is 323 g/mol. The number of anilines is 1. The largest absolute Gasteiger partial charge is 0.492 e. The van der Waals surface area contributed by atoms with Crippen LogP contribution in [0.3, 0.4) is 0 Å². The van der Waals surface area contributed by atoms with Gasteiger partial charge in [-0.1, -0.05) is 11.6 Å². The summed E-state index contributed by atoms with van der Waals surface area (Å²) in [7, 11) is 0. The lowest BCUT2D eigenvalue weighted by Crippen LogP contribution is -2.31. The van der Waals surface area contributed by atoms with Crippen LogP contribution in [-0.2, 0) is 4.79 Å². The van der Waals surface area contributed by atoms with Crippen molar-refractivity contribution in [2.45, 2.75) is 26.2 Å². The summed E-state index contributed by atoms with van der Waals surface area (Å²) < 4.78 is 5.39. The van der Waals surface area contributed by atoms with Crippen LogP contribution in [0.5, 0.6) is 5.75 Å². The molecule has 1 saturated heterocycles. The molecule has 1 amide bonds. The molecule has 1 unspecified atom stereocenters. The molecule has 1 atom stereocenters. The first kappa shape index (κ1) is 17.4. The number of carbonyl (C=O) groups is 1. The van der Waals surface area contributed by atoms with E-state index in [4.69, 9.17) is 16.3 Å². The Morgan fingerprint density at radius 3 is 2.82 bits per heavy atom. The third-order valence-electron chi connectivity index (χ3n) is 4.60. The van der Waals surface area contributed by atoms with Crippen LogP contribution in [0.2, 0.25) is 5.02 Å². The first-order chi connectivity index (χ1) is 10.1. The summed E-state index contributed by atoms with van der Waals surface area (Å²) in [6, 6.07) is 5.39. The van der Waals surface area contributed by atoms with Crippen LogP contribution in [0.1, 0.15) is 26.2 Å². The minimum Gasteiger partial charge on any atom is -0.492 e. The first-order valence-electron chi connectivity index (χ1n) is 7.58. The van der Waals surface area contributed by atoms with Gasteiger partial charge < -0.3 is 15.4 Å². The van der Waals surface area contributed by atoms with Gasteiger partial charge in [0, 0.05) is 11.6 Å². The Bertz CT molecular complexity index is 545. The molecule has 2 fully saturated rings. The normalized spacial score (nSPS) is 21.8. The maximum absolute atomic E-state index is 12.4. The van der Waals surface area contributed by atoms with E-state index in [0.717, 1.165) is 38.0 Å². The highest BCUT2D eigenvalue weighted by Crippen LogP contribution is 2.58. The molecule has 22 heavy (non-hydrogen) atoms. The minimum atomic E-state index is 0. The van der Waals surface area contributed by atoms with E-state index in [9.17, 15) is 4.79 Å². The quantitative estimate of drug-likeness (QED) is 0.878. The molecule has 1 heterocycles. The van der Waals surface area contributed by atoms with E-state index in [1.807, 2.05) is 13.0 Å². The van der Waals surface area contributed by atoms with Gasteiger partial charge in [0.2, 0.25) is 5.91 Å². The third kappa shape index (κ3) is 3.50. The average molecular weight is 345 g/mol. The molecule has 3 rings (SSSR count). The minimum absolute atomic E-state index is 0. The molecule has 0 bridgehead atoms. The van der Waals surface area contributed by atoms with E-state index in [-0.39, 0.29) is 29.6 Å². The van der Waals surface area contributed by atoms with E-state index < -0.39 is 0 Å². The molecule has 1 spiro atoms. The topological polar surface area (TPSA) is 50.4 Å². The van der Waals surface area contributed by atoms with Crippen LogP contribution in [0.4, 0.5) is 5.69 Å². The number of hydrogen-bond acceptors (Lipinski definition) is 3. The van der Waals surface area contributed by atoms with E-state index in [1.165, 1.54) is 0 Å². The molecule has 4 nitrogen and oxygen atoms in total. The maximum atomic E-state index is 12.4. The van der Waals surface area contributed by atoms with Gasteiger partial charge in [-0.15, -0.1) is 12.4 Å². The monoisotopic (exact) mass is 344 g/mol. The van der Waals surface area contributed by atoms with Crippen molar-refractivity contribution in [2.24, 2.45) is 11.3 Å². The van der Waals surface area contributed by atoms with Crippen LogP contribution in [0, 0.1) is 11.3 Å². The smallest absolute Gasteiger partial charge is 0.228 e. The van der Waals surface area contributed by atoms with Gasteiger partial charge in [-0.2, -0.15) is 0 Å². The van der Waals surface area contributed by atoms with Gasteiger partial charge in [0.15, 0.2) is 0 Å². The fourth-order valence-corrected chi connectivity index (χ4v) is 3.51.